The zero-order valence-corrected chi connectivity index (χ0v) is 19.7. The van der Waals surface area contributed by atoms with Crippen LogP contribution in [0.25, 0.3) is 11.0 Å². The Bertz CT molecular complexity index is 772. The molecular formula is C24H40N2O4. The lowest BCUT2D eigenvalue weighted by atomic mass is 9.90. The highest BCUT2D eigenvalue weighted by Crippen LogP contribution is 2.34. The Hall–Kier alpha value is -2.24. The molecule has 2 rings (SSSR count). The van der Waals surface area contributed by atoms with Crippen molar-refractivity contribution in [2.45, 2.75) is 86.6 Å². The number of esters is 1. The van der Waals surface area contributed by atoms with E-state index < -0.39 is 5.97 Å². The molecule has 2 aromatic heterocycles. The summed E-state index contributed by atoms with van der Waals surface area (Å²) in [6.07, 6.45) is 7.20. The second-order valence-corrected chi connectivity index (χ2v) is 7.79. The van der Waals surface area contributed by atoms with Gasteiger partial charge >= 0.3 is 5.97 Å². The predicted octanol–water partition coefficient (Wildman–Crippen LogP) is 6.78. The lowest BCUT2D eigenvalue weighted by Gasteiger charge is -2.25. The average Bonchev–Trinajstić information content (AvgIpc) is 3.06. The first-order chi connectivity index (χ1) is 14.4. The molecule has 0 fully saturated rings. The molecule has 6 nitrogen and oxygen atoms in total. The second kappa shape index (κ2) is 13.1. The maximum atomic E-state index is 11.9. The summed E-state index contributed by atoms with van der Waals surface area (Å²) in [6, 6.07) is 2.05. The zero-order chi connectivity index (χ0) is 22.7. The van der Waals surface area contributed by atoms with Crippen molar-refractivity contribution in [2.24, 2.45) is 11.8 Å². The third kappa shape index (κ3) is 7.22. The van der Waals surface area contributed by atoms with Gasteiger partial charge in [-0.1, -0.05) is 60.8 Å². The minimum absolute atomic E-state index is 0.177. The fraction of sp³-hybridized carbons (Fsp3) is 0.667. The lowest BCUT2D eigenvalue weighted by molar-refractivity contribution is 0.0488. The second-order valence-electron chi connectivity index (χ2n) is 7.79. The van der Waals surface area contributed by atoms with Crippen LogP contribution in [0.5, 0.6) is 5.75 Å². The van der Waals surface area contributed by atoms with Crippen LogP contribution >= 0.6 is 0 Å². The van der Waals surface area contributed by atoms with Crippen LogP contribution in [-0.2, 0) is 4.74 Å². The Morgan fingerprint density at radius 3 is 2.47 bits per heavy atom. The number of nitrogens with one attached hydrogen (secondary N) is 1. The van der Waals surface area contributed by atoms with Crippen molar-refractivity contribution in [3.8, 4) is 5.75 Å². The molecule has 2 N–H and O–H groups in total. The highest BCUT2D eigenvalue weighted by Gasteiger charge is 2.23. The van der Waals surface area contributed by atoms with Gasteiger partial charge in [0.15, 0.2) is 11.3 Å². The Kier molecular flexibility index (Phi) is 11.3. The molecule has 2 heterocycles. The van der Waals surface area contributed by atoms with Crippen LogP contribution in [0.15, 0.2) is 16.7 Å². The van der Waals surface area contributed by atoms with Gasteiger partial charge in [-0.05, 0) is 37.7 Å². The van der Waals surface area contributed by atoms with Crippen molar-refractivity contribution < 1.29 is 19.1 Å². The highest BCUT2D eigenvalue weighted by atomic mass is 16.5. The van der Waals surface area contributed by atoms with Gasteiger partial charge in [-0.2, -0.15) is 0 Å². The maximum Gasteiger partial charge on any atom is 0.378 e. The van der Waals surface area contributed by atoms with Crippen molar-refractivity contribution in [3.63, 3.8) is 0 Å². The van der Waals surface area contributed by atoms with Gasteiger partial charge in [0, 0.05) is 6.04 Å². The molecule has 0 aliphatic rings. The molecule has 3 unspecified atom stereocenters. The summed E-state index contributed by atoms with van der Waals surface area (Å²) in [5.41, 5.74) is 0.365. The number of hydrogen-bond donors (Lipinski definition) is 2. The fourth-order valence-electron chi connectivity index (χ4n) is 3.58. The van der Waals surface area contributed by atoms with Crippen molar-refractivity contribution in [3.05, 3.63) is 18.0 Å². The summed E-state index contributed by atoms with van der Waals surface area (Å²) >= 11 is 0. The van der Waals surface area contributed by atoms with Crippen LogP contribution in [0.2, 0.25) is 0 Å². The van der Waals surface area contributed by atoms with Crippen LogP contribution in [0.1, 0.15) is 91.1 Å². The number of furan rings is 1. The van der Waals surface area contributed by atoms with Crippen molar-refractivity contribution in [2.75, 3.05) is 11.9 Å². The molecule has 3 atom stereocenters. The Morgan fingerprint density at radius 2 is 1.87 bits per heavy atom. The van der Waals surface area contributed by atoms with E-state index in [0.29, 0.717) is 34.7 Å². The first kappa shape index (κ1) is 25.8. The number of carbonyl (C=O) groups excluding carboxylic acids is 1. The maximum absolute atomic E-state index is 11.9. The Labute approximate surface area is 181 Å². The van der Waals surface area contributed by atoms with Gasteiger partial charge in [0.2, 0.25) is 0 Å². The van der Waals surface area contributed by atoms with Crippen LogP contribution in [0, 0.1) is 11.8 Å². The number of pyridine rings is 1. The van der Waals surface area contributed by atoms with Gasteiger partial charge in [0.05, 0.1) is 18.2 Å². The normalized spacial score (nSPS) is 13.8. The fourth-order valence-corrected chi connectivity index (χ4v) is 3.58. The highest BCUT2D eigenvalue weighted by molar-refractivity contribution is 5.98. The first-order valence-electron chi connectivity index (χ1n) is 11.4. The topological polar surface area (TPSA) is 84.6 Å². The molecule has 0 amide bonds. The summed E-state index contributed by atoms with van der Waals surface area (Å²) in [4.78, 5) is 16.3. The smallest absolute Gasteiger partial charge is 0.378 e. The summed E-state index contributed by atoms with van der Waals surface area (Å²) < 4.78 is 10.4. The number of ether oxygens (including phenoxy) is 1. The van der Waals surface area contributed by atoms with Crippen LogP contribution in [0.4, 0.5) is 5.82 Å². The van der Waals surface area contributed by atoms with E-state index in [0.717, 1.165) is 19.3 Å². The van der Waals surface area contributed by atoms with E-state index in [1.165, 1.54) is 19.0 Å². The zero-order valence-electron chi connectivity index (χ0n) is 19.7. The van der Waals surface area contributed by atoms with E-state index in [9.17, 15) is 9.90 Å². The van der Waals surface area contributed by atoms with Gasteiger partial charge in [0.25, 0.3) is 5.76 Å². The van der Waals surface area contributed by atoms with Gasteiger partial charge in [-0.25, -0.2) is 9.78 Å². The summed E-state index contributed by atoms with van der Waals surface area (Å²) in [7, 11) is 0. The lowest BCUT2D eigenvalue weighted by Crippen LogP contribution is -2.25. The molecule has 30 heavy (non-hydrogen) atoms. The number of nitrogens with zero attached hydrogens (tertiary/aromatic N) is 1. The van der Waals surface area contributed by atoms with Gasteiger partial charge in [-0.15, -0.1) is 0 Å². The standard InChI is InChI=1S/C22H34N2O4.C2H6/c1-6-9-15(5)11-16(10-14(4)7-2)24-19-12-17-18(13-23-19)28-21(20(17)25)22(26)27-8-3;1-2/h12-16,25H,6-11H2,1-5H3,(H,23,24);1-2H3. The van der Waals surface area contributed by atoms with E-state index in [4.69, 9.17) is 9.15 Å². The van der Waals surface area contributed by atoms with Crippen LogP contribution in [0.3, 0.4) is 0 Å². The Morgan fingerprint density at radius 1 is 1.20 bits per heavy atom. The third-order valence-corrected chi connectivity index (χ3v) is 5.21. The van der Waals surface area contributed by atoms with Crippen molar-refractivity contribution in [1.82, 2.24) is 4.98 Å². The first-order valence-corrected chi connectivity index (χ1v) is 11.4. The van der Waals surface area contributed by atoms with Gasteiger partial charge in [0.1, 0.15) is 5.82 Å². The Balaban J connectivity index is 0.00000218. The van der Waals surface area contributed by atoms with Gasteiger partial charge in [-0.3, -0.25) is 0 Å². The number of fused-ring (bicyclic) bond motifs is 1. The molecular weight excluding hydrogens is 380 g/mol. The summed E-state index contributed by atoms with van der Waals surface area (Å²) in [5.74, 6) is 0.880. The van der Waals surface area contributed by atoms with Crippen LogP contribution in [-0.4, -0.2) is 28.7 Å². The van der Waals surface area contributed by atoms with Crippen molar-refractivity contribution in [1.29, 1.82) is 0 Å². The van der Waals surface area contributed by atoms with E-state index in [2.05, 4.69) is 38.0 Å². The van der Waals surface area contributed by atoms with E-state index in [1.54, 1.807) is 13.0 Å². The SMILES string of the molecule is CC.CCCC(C)CC(CC(C)CC)Nc1cc2c(O)c(C(=O)OCC)oc2cn1. The number of aromatic hydroxyl groups is 1. The molecule has 0 radical (unpaired) electrons. The monoisotopic (exact) mass is 420 g/mol. The minimum Gasteiger partial charge on any atom is -0.504 e. The number of aromatic nitrogens is 1. The molecule has 0 aromatic carbocycles. The third-order valence-electron chi connectivity index (χ3n) is 5.21. The summed E-state index contributed by atoms with van der Waals surface area (Å²) in [6.45, 7) is 14.9. The predicted molar refractivity (Wildman–Crippen MR) is 123 cm³/mol. The average molecular weight is 421 g/mol. The summed E-state index contributed by atoms with van der Waals surface area (Å²) in [5, 5.41) is 14.4. The number of hydrogen-bond acceptors (Lipinski definition) is 6. The molecule has 0 bridgehead atoms. The van der Waals surface area contributed by atoms with Crippen molar-refractivity contribution >= 4 is 22.8 Å². The largest absolute Gasteiger partial charge is 0.504 e. The molecule has 2 aromatic rings. The molecule has 0 saturated carbocycles. The molecule has 0 aliphatic heterocycles. The van der Waals surface area contributed by atoms with E-state index in [-0.39, 0.29) is 18.1 Å². The van der Waals surface area contributed by atoms with Gasteiger partial charge < -0.3 is 19.6 Å². The minimum atomic E-state index is -0.672. The number of anilines is 1. The van der Waals surface area contributed by atoms with Crippen LogP contribution < -0.4 is 5.32 Å². The quantitative estimate of drug-likeness (QED) is 0.390. The number of rotatable bonds is 11. The van der Waals surface area contributed by atoms with E-state index >= 15 is 0 Å². The molecule has 0 spiro atoms. The van der Waals surface area contributed by atoms with E-state index in [1.807, 2.05) is 13.8 Å². The number of carbonyl (C=O) groups is 1. The molecule has 0 saturated heterocycles. The molecule has 0 aliphatic carbocycles. The molecule has 6 heteroatoms. The molecule has 170 valence electrons.